The molecule has 94 valence electrons. The molecule has 1 aromatic heterocycles. The Labute approximate surface area is 83.4 Å². The predicted octanol–water partition coefficient (Wildman–Crippen LogP) is 3.87. The van der Waals surface area contributed by atoms with Crippen LogP contribution < -0.4 is 4.57 Å². The third-order valence-corrected chi connectivity index (χ3v) is 0.901. The summed E-state index contributed by atoms with van der Waals surface area (Å²) >= 11 is 0. The average molecular weight is 258 g/mol. The molecule has 0 spiro atoms. The molecule has 0 bridgehead atoms. The van der Waals surface area contributed by atoms with Gasteiger partial charge in [-0.3, -0.25) is 0 Å². The summed E-state index contributed by atoms with van der Waals surface area (Å²) in [5.41, 5.74) is 0. The number of aromatic nitrogens is 2. The summed E-state index contributed by atoms with van der Waals surface area (Å²) in [6.45, 7) is 0. The molecular formula is C6H13F6N2P. The number of nitrogens with zero attached hydrogens (tertiary/aromatic N) is 2. The molecule has 0 radical (unpaired) electrons. The molecule has 1 rings (SSSR count). The minimum atomic E-state index is -10.7. The SMILES string of the molecule is C.Cn1cc[n+](C)c1.F[P-](F)(F)(F)(F)F. The van der Waals surface area contributed by atoms with Crippen LogP contribution in [0, 0.1) is 0 Å². The van der Waals surface area contributed by atoms with Crippen molar-refractivity contribution >= 4 is 7.81 Å². The van der Waals surface area contributed by atoms with E-state index in [1.54, 1.807) is 0 Å². The number of imidazole rings is 1. The molecule has 1 heterocycles. The van der Waals surface area contributed by atoms with E-state index < -0.39 is 7.81 Å². The van der Waals surface area contributed by atoms with Crippen molar-refractivity contribution in [3.8, 4) is 0 Å². The van der Waals surface area contributed by atoms with E-state index in [0.717, 1.165) is 0 Å². The van der Waals surface area contributed by atoms with Crippen molar-refractivity contribution < 1.29 is 29.7 Å². The van der Waals surface area contributed by atoms with Gasteiger partial charge in [0.1, 0.15) is 12.4 Å². The number of hydrogen-bond acceptors (Lipinski definition) is 0. The topological polar surface area (TPSA) is 8.81 Å². The third-order valence-electron chi connectivity index (χ3n) is 0.901. The first-order chi connectivity index (χ1) is 5.74. The van der Waals surface area contributed by atoms with E-state index >= 15 is 0 Å². The van der Waals surface area contributed by atoms with Crippen LogP contribution in [0.5, 0.6) is 0 Å². The fourth-order valence-corrected chi connectivity index (χ4v) is 0.575. The second kappa shape index (κ2) is 3.66. The molecule has 0 unspecified atom stereocenters. The Balaban J connectivity index is 0. The molecule has 0 aromatic carbocycles. The Morgan fingerprint density at radius 3 is 1.47 bits per heavy atom. The summed E-state index contributed by atoms with van der Waals surface area (Å²) in [5, 5.41) is 0. The van der Waals surface area contributed by atoms with Crippen molar-refractivity contribution in [1.29, 1.82) is 0 Å². The number of aryl methyl sites for hydroxylation is 2. The van der Waals surface area contributed by atoms with Crippen LogP contribution in [0.25, 0.3) is 0 Å². The van der Waals surface area contributed by atoms with E-state index in [-0.39, 0.29) is 7.43 Å². The van der Waals surface area contributed by atoms with Gasteiger partial charge in [-0.05, 0) is 0 Å². The summed E-state index contributed by atoms with van der Waals surface area (Å²) in [6.07, 6.45) is 6.00. The normalized spacial score (nSPS) is 15.2. The number of halogens is 6. The van der Waals surface area contributed by atoms with Crippen molar-refractivity contribution in [2.45, 2.75) is 7.43 Å². The summed E-state index contributed by atoms with van der Waals surface area (Å²) < 4.78 is 63.2. The summed E-state index contributed by atoms with van der Waals surface area (Å²) in [6, 6.07) is 0. The van der Waals surface area contributed by atoms with Gasteiger partial charge in [0.15, 0.2) is 0 Å². The van der Waals surface area contributed by atoms with Crippen LogP contribution >= 0.6 is 7.81 Å². The van der Waals surface area contributed by atoms with Gasteiger partial charge in [0.2, 0.25) is 6.33 Å². The van der Waals surface area contributed by atoms with Crippen LogP contribution in [0.4, 0.5) is 25.2 Å². The van der Waals surface area contributed by atoms with E-state index in [9.17, 15) is 25.2 Å². The molecule has 0 N–H and O–H groups in total. The van der Waals surface area contributed by atoms with Crippen LogP contribution in [0.2, 0.25) is 0 Å². The molecule has 0 fully saturated rings. The first kappa shape index (κ1) is 16.6. The molecule has 0 aliphatic carbocycles. The number of rotatable bonds is 0. The molecule has 9 heteroatoms. The molecule has 0 saturated heterocycles. The standard InChI is InChI=1S/C5H9N2.CH4.F6P/c1-6-3-4-7(2)5-6;;1-7(2,3,4,5)6/h3-5H,1-2H3;1H4;/q+1;;-1. The maximum atomic E-state index is 9.87. The van der Waals surface area contributed by atoms with Crippen LogP contribution in [-0.2, 0) is 14.1 Å². The van der Waals surface area contributed by atoms with Gasteiger partial charge >= 0.3 is 33.0 Å². The Bertz CT molecular complexity index is 284. The summed E-state index contributed by atoms with van der Waals surface area (Å²) in [5.74, 6) is 0. The van der Waals surface area contributed by atoms with Gasteiger partial charge in [0.25, 0.3) is 0 Å². The zero-order valence-corrected chi connectivity index (χ0v) is 8.24. The Morgan fingerprint density at radius 1 is 1.07 bits per heavy atom. The van der Waals surface area contributed by atoms with Gasteiger partial charge in [-0.1, -0.05) is 7.43 Å². The van der Waals surface area contributed by atoms with Crippen molar-refractivity contribution in [1.82, 2.24) is 4.57 Å². The predicted molar refractivity (Wildman–Crippen MR) is 46.9 cm³/mol. The molecule has 15 heavy (non-hydrogen) atoms. The second-order valence-corrected chi connectivity index (χ2v) is 4.62. The minimum absolute atomic E-state index is 0. The summed E-state index contributed by atoms with van der Waals surface area (Å²) in [7, 11) is -6.66. The second-order valence-electron chi connectivity index (χ2n) is 2.70. The van der Waals surface area contributed by atoms with E-state index in [4.69, 9.17) is 0 Å². The van der Waals surface area contributed by atoms with E-state index in [1.165, 1.54) is 0 Å². The fourth-order valence-electron chi connectivity index (χ4n) is 0.575. The maximum absolute atomic E-state index is 10.7. The van der Waals surface area contributed by atoms with Crippen molar-refractivity contribution in [2.75, 3.05) is 0 Å². The van der Waals surface area contributed by atoms with Gasteiger partial charge in [-0.2, -0.15) is 0 Å². The van der Waals surface area contributed by atoms with Gasteiger partial charge in [-0.25, -0.2) is 9.13 Å². The van der Waals surface area contributed by atoms with Gasteiger partial charge in [-0.15, -0.1) is 0 Å². The molecule has 0 amide bonds. The Kier molecular flexibility index (Phi) is 4.06. The molecule has 0 aliphatic rings. The van der Waals surface area contributed by atoms with Crippen molar-refractivity contribution in [3.63, 3.8) is 0 Å². The van der Waals surface area contributed by atoms with Crippen LogP contribution in [0.15, 0.2) is 18.7 Å². The first-order valence-corrected chi connectivity index (χ1v) is 5.30. The zero-order chi connectivity index (χ0) is 11.7. The zero-order valence-electron chi connectivity index (χ0n) is 7.34. The summed E-state index contributed by atoms with van der Waals surface area (Å²) in [4.78, 5) is 0. The molecule has 2 nitrogen and oxygen atoms in total. The van der Waals surface area contributed by atoms with E-state index in [2.05, 4.69) is 0 Å². The van der Waals surface area contributed by atoms with Crippen molar-refractivity contribution in [3.05, 3.63) is 18.7 Å². The van der Waals surface area contributed by atoms with E-state index in [0.29, 0.717) is 0 Å². The van der Waals surface area contributed by atoms with E-state index in [1.807, 2.05) is 42.0 Å². The monoisotopic (exact) mass is 258 g/mol. The van der Waals surface area contributed by atoms with Gasteiger partial charge in [0.05, 0.1) is 14.1 Å². The molecule has 0 saturated carbocycles. The fraction of sp³-hybridized carbons (Fsp3) is 0.500. The van der Waals surface area contributed by atoms with Crippen LogP contribution in [-0.4, -0.2) is 4.57 Å². The van der Waals surface area contributed by atoms with Crippen molar-refractivity contribution in [2.24, 2.45) is 14.1 Å². The molecule has 1 aromatic rings. The molecule has 0 aliphatic heterocycles. The van der Waals surface area contributed by atoms with Gasteiger partial charge in [0, 0.05) is 0 Å². The Hall–Kier alpha value is -0.780. The Morgan fingerprint density at radius 2 is 1.40 bits per heavy atom. The number of hydrogen-bond donors (Lipinski definition) is 0. The average Bonchev–Trinajstić information content (AvgIpc) is 2.04. The molecular weight excluding hydrogens is 245 g/mol. The van der Waals surface area contributed by atoms with Gasteiger partial charge < -0.3 is 0 Å². The van der Waals surface area contributed by atoms with Crippen LogP contribution in [0.1, 0.15) is 7.43 Å². The third kappa shape index (κ3) is 24.6. The van der Waals surface area contributed by atoms with Crippen LogP contribution in [0.3, 0.4) is 0 Å². The molecule has 0 atom stereocenters. The first-order valence-electron chi connectivity index (χ1n) is 3.27. The quantitative estimate of drug-likeness (QED) is 0.379.